The number of sulfone groups is 1. The summed E-state index contributed by atoms with van der Waals surface area (Å²) in [5.74, 6) is -0.417. The van der Waals surface area contributed by atoms with Crippen molar-refractivity contribution < 1.29 is 22.6 Å². The topological polar surface area (TPSA) is 120 Å². The Labute approximate surface area is 158 Å². The van der Waals surface area contributed by atoms with Crippen LogP contribution in [0.5, 0.6) is 0 Å². The molecule has 0 aliphatic rings. The Bertz CT molecular complexity index is 1040. The molecule has 0 spiro atoms. The molecule has 0 aliphatic carbocycles. The second kappa shape index (κ2) is 7.72. The van der Waals surface area contributed by atoms with Crippen LogP contribution in [-0.4, -0.2) is 25.8 Å². The third-order valence-corrected chi connectivity index (χ3v) is 7.27. The van der Waals surface area contributed by atoms with Gasteiger partial charge in [0.15, 0.2) is 9.84 Å². The molecule has 0 bridgehead atoms. The molecule has 2 heterocycles. The zero-order chi connectivity index (χ0) is 19.4. The Morgan fingerprint density at radius 1 is 1.22 bits per heavy atom. The van der Waals surface area contributed by atoms with E-state index < -0.39 is 25.9 Å². The number of rotatable bonds is 7. The number of nitro benzene ring substituents is 1. The maximum Gasteiger partial charge on any atom is 0.270 e. The largest absolute Gasteiger partial charge is 0.468 e. The lowest BCUT2D eigenvalue weighted by Crippen LogP contribution is -2.31. The van der Waals surface area contributed by atoms with Crippen molar-refractivity contribution in [2.45, 2.75) is 9.46 Å². The molecule has 1 N–H and O–H groups in total. The first-order valence-electron chi connectivity index (χ1n) is 7.73. The normalized spacial score (nSPS) is 12.4. The first-order chi connectivity index (χ1) is 12.9. The molecule has 10 heteroatoms. The summed E-state index contributed by atoms with van der Waals surface area (Å²) in [6.45, 7) is -0.241. The number of nitrogens with one attached hydrogen (secondary N) is 1. The van der Waals surface area contributed by atoms with Crippen molar-refractivity contribution in [1.29, 1.82) is 0 Å². The highest BCUT2D eigenvalue weighted by molar-refractivity contribution is 7.93. The van der Waals surface area contributed by atoms with Crippen LogP contribution < -0.4 is 5.32 Å². The monoisotopic (exact) mass is 406 g/mol. The number of non-ortho nitro benzene ring substituents is 1. The number of furan rings is 1. The van der Waals surface area contributed by atoms with Crippen LogP contribution in [0.15, 0.2) is 68.8 Å². The Kier molecular flexibility index (Phi) is 5.38. The van der Waals surface area contributed by atoms with E-state index in [1.54, 1.807) is 17.5 Å². The maximum absolute atomic E-state index is 12.9. The lowest BCUT2D eigenvalue weighted by Gasteiger charge is -2.15. The van der Waals surface area contributed by atoms with Gasteiger partial charge in [-0.2, -0.15) is 0 Å². The van der Waals surface area contributed by atoms with Gasteiger partial charge in [0, 0.05) is 24.2 Å². The quantitative estimate of drug-likeness (QED) is 0.475. The molecule has 1 amide bonds. The highest BCUT2D eigenvalue weighted by Crippen LogP contribution is 2.31. The van der Waals surface area contributed by atoms with E-state index in [1.165, 1.54) is 36.6 Å². The SMILES string of the molecule is O=C(NCC(c1ccco1)S(=O)(=O)c1cccs1)c1cccc([N+](=O)[O-])c1. The first-order valence-corrected chi connectivity index (χ1v) is 10.2. The van der Waals surface area contributed by atoms with Crippen LogP contribution in [0.4, 0.5) is 5.69 Å². The van der Waals surface area contributed by atoms with Gasteiger partial charge in [0.1, 0.15) is 15.2 Å². The van der Waals surface area contributed by atoms with Crippen molar-refractivity contribution in [3.8, 4) is 0 Å². The average molecular weight is 406 g/mol. The number of thiophene rings is 1. The molecule has 140 valence electrons. The summed E-state index contributed by atoms with van der Waals surface area (Å²) in [5.41, 5.74) is -0.160. The number of nitro groups is 1. The summed E-state index contributed by atoms with van der Waals surface area (Å²) in [4.78, 5) is 22.6. The van der Waals surface area contributed by atoms with Crippen LogP contribution >= 0.6 is 11.3 Å². The first kappa shape index (κ1) is 18.8. The number of hydrogen-bond acceptors (Lipinski definition) is 7. The molecule has 1 atom stereocenters. The molecule has 27 heavy (non-hydrogen) atoms. The van der Waals surface area contributed by atoms with E-state index in [0.29, 0.717) is 0 Å². The van der Waals surface area contributed by atoms with Crippen molar-refractivity contribution in [1.82, 2.24) is 5.32 Å². The third kappa shape index (κ3) is 4.07. The molecule has 3 aromatic rings. The van der Waals surface area contributed by atoms with Crippen LogP contribution in [-0.2, 0) is 9.84 Å². The van der Waals surface area contributed by atoms with E-state index in [0.717, 1.165) is 17.4 Å². The molecule has 0 radical (unpaired) electrons. The van der Waals surface area contributed by atoms with Crippen molar-refractivity contribution in [2.24, 2.45) is 0 Å². The van der Waals surface area contributed by atoms with Gasteiger partial charge < -0.3 is 9.73 Å². The number of amides is 1. The molecule has 0 fully saturated rings. The maximum atomic E-state index is 12.9. The lowest BCUT2D eigenvalue weighted by molar-refractivity contribution is -0.384. The third-order valence-electron chi connectivity index (χ3n) is 3.78. The Morgan fingerprint density at radius 3 is 2.67 bits per heavy atom. The minimum absolute atomic E-state index is 0.0657. The number of carbonyl (C=O) groups excluding carboxylic acids is 1. The summed E-state index contributed by atoms with van der Waals surface area (Å²) >= 11 is 1.07. The molecule has 0 saturated heterocycles. The number of nitrogens with zero attached hydrogens (tertiary/aromatic N) is 1. The summed E-state index contributed by atoms with van der Waals surface area (Å²) in [6, 6.07) is 11.4. The van der Waals surface area contributed by atoms with E-state index in [9.17, 15) is 23.3 Å². The van der Waals surface area contributed by atoms with Gasteiger partial charge in [-0.25, -0.2) is 8.42 Å². The van der Waals surface area contributed by atoms with E-state index >= 15 is 0 Å². The van der Waals surface area contributed by atoms with Gasteiger partial charge in [-0.15, -0.1) is 11.3 Å². The van der Waals surface area contributed by atoms with Gasteiger partial charge in [-0.1, -0.05) is 12.1 Å². The van der Waals surface area contributed by atoms with Crippen LogP contribution in [0.1, 0.15) is 21.4 Å². The minimum Gasteiger partial charge on any atom is -0.468 e. The van der Waals surface area contributed by atoms with Crippen molar-refractivity contribution >= 4 is 32.8 Å². The molecule has 0 saturated carbocycles. The van der Waals surface area contributed by atoms with Gasteiger partial charge >= 0.3 is 0 Å². The fourth-order valence-corrected chi connectivity index (χ4v) is 5.24. The highest BCUT2D eigenvalue weighted by Gasteiger charge is 2.32. The second-order valence-electron chi connectivity index (χ2n) is 5.50. The van der Waals surface area contributed by atoms with Gasteiger partial charge in [0.05, 0.1) is 11.2 Å². The molecule has 2 aromatic heterocycles. The predicted molar refractivity (Wildman–Crippen MR) is 98.4 cm³/mol. The second-order valence-corrected chi connectivity index (χ2v) is 8.80. The zero-order valence-electron chi connectivity index (χ0n) is 13.8. The van der Waals surface area contributed by atoms with E-state index in [4.69, 9.17) is 4.42 Å². The van der Waals surface area contributed by atoms with E-state index in [1.807, 2.05) is 0 Å². The predicted octanol–water partition coefficient (Wildman–Crippen LogP) is 3.19. The fourth-order valence-electron chi connectivity index (χ4n) is 2.45. The van der Waals surface area contributed by atoms with Crippen molar-refractivity contribution in [3.05, 3.63) is 81.6 Å². The standard InChI is InChI=1S/C17H14N2O6S2/c20-17(12-4-1-5-13(10-12)19(21)22)18-11-15(14-6-2-8-25-14)27(23,24)16-7-3-9-26-16/h1-10,15H,11H2,(H,18,20). The zero-order valence-corrected chi connectivity index (χ0v) is 15.4. The summed E-state index contributed by atoms with van der Waals surface area (Å²) in [6.07, 6.45) is 1.36. The summed E-state index contributed by atoms with van der Waals surface area (Å²) < 4.78 is 31.2. The van der Waals surface area contributed by atoms with E-state index in [-0.39, 0.29) is 27.8 Å². The van der Waals surface area contributed by atoms with Crippen LogP contribution in [0.2, 0.25) is 0 Å². The number of hydrogen-bond donors (Lipinski definition) is 1. The van der Waals surface area contributed by atoms with Gasteiger partial charge in [0.25, 0.3) is 11.6 Å². The van der Waals surface area contributed by atoms with Gasteiger partial charge in [0.2, 0.25) is 0 Å². The van der Waals surface area contributed by atoms with Crippen molar-refractivity contribution in [3.63, 3.8) is 0 Å². The molecule has 3 rings (SSSR count). The Morgan fingerprint density at radius 2 is 2.04 bits per heavy atom. The molecule has 0 aliphatic heterocycles. The van der Waals surface area contributed by atoms with Gasteiger partial charge in [-0.3, -0.25) is 14.9 Å². The highest BCUT2D eigenvalue weighted by atomic mass is 32.2. The summed E-state index contributed by atoms with van der Waals surface area (Å²) in [7, 11) is -3.78. The smallest absolute Gasteiger partial charge is 0.270 e. The molecule has 8 nitrogen and oxygen atoms in total. The number of benzene rings is 1. The minimum atomic E-state index is -3.78. The molecule has 1 unspecified atom stereocenters. The van der Waals surface area contributed by atoms with Crippen LogP contribution in [0, 0.1) is 10.1 Å². The Balaban J connectivity index is 1.83. The fraction of sp³-hybridized carbons (Fsp3) is 0.118. The Hall–Kier alpha value is -2.98. The molecule has 1 aromatic carbocycles. The van der Waals surface area contributed by atoms with Crippen molar-refractivity contribution in [2.75, 3.05) is 6.54 Å². The average Bonchev–Trinajstić information content (AvgIpc) is 3.36. The summed E-state index contributed by atoms with van der Waals surface area (Å²) in [5, 5.41) is 13.9. The number of carbonyl (C=O) groups is 1. The molecular weight excluding hydrogens is 392 g/mol. The van der Waals surface area contributed by atoms with Gasteiger partial charge in [-0.05, 0) is 29.6 Å². The molecular formula is C17H14N2O6S2. The van der Waals surface area contributed by atoms with Crippen LogP contribution in [0.3, 0.4) is 0 Å². The van der Waals surface area contributed by atoms with Crippen LogP contribution in [0.25, 0.3) is 0 Å². The van der Waals surface area contributed by atoms with E-state index in [2.05, 4.69) is 5.32 Å². The lowest BCUT2D eigenvalue weighted by atomic mass is 10.2.